The number of benzene rings is 1. The van der Waals surface area contributed by atoms with Gasteiger partial charge in [0.05, 0.1) is 10.9 Å². The lowest BCUT2D eigenvalue weighted by Gasteiger charge is -2.17. The maximum atomic E-state index is 12.3. The number of carbonyl (C=O) groups excluding carboxylic acids is 1. The number of hydrogen-bond donors (Lipinski definition) is 1. The lowest BCUT2D eigenvalue weighted by atomic mass is 10.0. The van der Waals surface area contributed by atoms with Gasteiger partial charge >= 0.3 is 0 Å². The fourth-order valence-corrected chi connectivity index (χ4v) is 4.92. The summed E-state index contributed by atoms with van der Waals surface area (Å²) in [5.74, 6) is -0.195. The van der Waals surface area contributed by atoms with Crippen molar-refractivity contribution in [2.24, 2.45) is 0 Å². The molecule has 0 aliphatic rings. The fraction of sp³-hybridized carbons (Fsp3) is 0.312. The first-order chi connectivity index (χ1) is 11.3. The number of halogens is 1. The highest BCUT2D eigenvalue weighted by molar-refractivity contribution is 7.91. The second-order valence-corrected chi connectivity index (χ2v) is 9.42. The summed E-state index contributed by atoms with van der Waals surface area (Å²) in [4.78, 5) is 12.0. The molecule has 1 atom stereocenters. The molecule has 1 N–H and O–H groups in total. The van der Waals surface area contributed by atoms with Crippen LogP contribution in [0.3, 0.4) is 0 Å². The molecule has 0 fully saturated rings. The molecule has 1 amide bonds. The van der Waals surface area contributed by atoms with E-state index in [1.807, 2.05) is 37.3 Å². The predicted octanol–water partition coefficient (Wildman–Crippen LogP) is 2.94. The summed E-state index contributed by atoms with van der Waals surface area (Å²) in [5, 5.41) is 2.77. The fourth-order valence-electron chi connectivity index (χ4n) is 2.10. The van der Waals surface area contributed by atoms with Crippen LogP contribution < -0.4 is 5.32 Å². The van der Waals surface area contributed by atoms with E-state index in [9.17, 15) is 13.2 Å². The SMILES string of the molecule is CC(CNC(=O)CN(C)S(=O)(=O)c1ccc(Cl)s1)c1ccccc1. The second-order valence-electron chi connectivity index (χ2n) is 5.44. The molecular formula is C16H19ClN2O3S2. The Bertz CT molecular complexity index is 791. The Kier molecular flexibility index (Phi) is 6.40. The lowest BCUT2D eigenvalue weighted by molar-refractivity contribution is -0.121. The molecule has 0 aliphatic heterocycles. The Morgan fingerprint density at radius 3 is 2.50 bits per heavy atom. The van der Waals surface area contributed by atoms with Gasteiger partial charge in [-0.2, -0.15) is 4.31 Å². The van der Waals surface area contributed by atoms with Crippen molar-refractivity contribution >= 4 is 38.9 Å². The van der Waals surface area contributed by atoms with Crippen molar-refractivity contribution in [1.29, 1.82) is 0 Å². The zero-order valence-corrected chi connectivity index (χ0v) is 15.8. The maximum absolute atomic E-state index is 12.3. The Morgan fingerprint density at radius 2 is 1.92 bits per heavy atom. The average molecular weight is 387 g/mol. The van der Waals surface area contributed by atoms with Gasteiger partial charge in [-0.3, -0.25) is 4.79 Å². The van der Waals surface area contributed by atoms with Gasteiger partial charge in [-0.05, 0) is 23.6 Å². The highest BCUT2D eigenvalue weighted by atomic mass is 35.5. The lowest BCUT2D eigenvalue weighted by Crippen LogP contribution is -2.39. The molecule has 0 saturated carbocycles. The van der Waals surface area contributed by atoms with Crippen LogP contribution >= 0.6 is 22.9 Å². The van der Waals surface area contributed by atoms with Crippen molar-refractivity contribution < 1.29 is 13.2 Å². The van der Waals surface area contributed by atoms with E-state index >= 15 is 0 Å². The molecule has 0 aliphatic carbocycles. The third-order valence-corrected chi connectivity index (χ3v) is 7.06. The zero-order valence-electron chi connectivity index (χ0n) is 13.4. The molecule has 8 heteroatoms. The van der Waals surface area contributed by atoms with Gasteiger partial charge in [0.15, 0.2) is 0 Å². The van der Waals surface area contributed by atoms with Gasteiger partial charge in [-0.15, -0.1) is 11.3 Å². The topological polar surface area (TPSA) is 66.5 Å². The average Bonchev–Trinajstić information content (AvgIpc) is 3.00. The first-order valence-electron chi connectivity index (χ1n) is 7.34. The number of hydrogen-bond acceptors (Lipinski definition) is 4. The number of amides is 1. The van der Waals surface area contributed by atoms with Crippen LogP contribution in [0.2, 0.25) is 4.34 Å². The van der Waals surface area contributed by atoms with Gasteiger partial charge in [0.1, 0.15) is 4.21 Å². The molecule has 130 valence electrons. The normalized spacial score (nSPS) is 13.0. The van der Waals surface area contributed by atoms with Crippen molar-refractivity contribution in [3.8, 4) is 0 Å². The number of sulfonamides is 1. The summed E-state index contributed by atoms with van der Waals surface area (Å²) in [6.45, 7) is 2.21. The van der Waals surface area contributed by atoms with Gasteiger partial charge in [0, 0.05) is 13.6 Å². The monoisotopic (exact) mass is 386 g/mol. The van der Waals surface area contributed by atoms with E-state index in [2.05, 4.69) is 5.32 Å². The molecular weight excluding hydrogens is 368 g/mol. The zero-order chi connectivity index (χ0) is 17.7. The van der Waals surface area contributed by atoms with Crippen LogP contribution in [0.15, 0.2) is 46.7 Å². The Labute approximate surface area is 151 Å². The minimum Gasteiger partial charge on any atom is -0.354 e. The predicted molar refractivity (Wildman–Crippen MR) is 97.0 cm³/mol. The van der Waals surface area contributed by atoms with Gasteiger partial charge in [-0.25, -0.2) is 8.42 Å². The number of likely N-dealkylation sites (N-methyl/N-ethyl adjacent to an activating group) is 1. The molecule has 5 nitrogen and oxygen atoms in total. The molecule has 0 radical (unpaired) electrons. The van der Waals surface area contributed by atoms with E-state index < -0.39 is 10.0 Å². The summed E-state index contributed by atoms with van der Waals surface area (Å²) in [6.07, 6.45) is 0. The molecule has 0 bridgehead atoms. The summed E-state index contributed by atoms with van der Waals surface area (Å²) < 4.78 is 26.2. The largest absolute Gasteiger partial charge is 0.354 e. The summed E-state index contributed by atoms with van der Waals surface area (Å²) in [5.41, 5.74) is 1.12. The maximum Gasteiger partial charge on any atom is 0.252 e. The number of carbonyl (C=O) groups is 1. The third-order valence-electron chi connectivity index (χ3n) is 3.55. The highest BCUT2D eigenvalue weighted by Crippen LogP contribution is 2.27. The molecule has 2 rings (SSSR count). The van der Waals surface area contributed by atoms with Crippen molar-refractivity contribution in [2.45, 2.75) is 17.1 Å². The van der Waals surface area contributed by atoms with Crippen LogP contribution in [0.25, 0.3) is 0 Å². The van der Waals surface area contributed by atoms with Crippen LogP contribution in [0.1, 0.15) is 18.4 Å². The van der Waals surface area contributed by atoms with E-state index in [4.69, 9.17) is 11.6 Å². The first-order valence-corrected chi connectivity index (χ1v) is 9.97. The van der Waals surface area contributed by atoms with Crippen LogP contribution in [0.5, 0.6) is 0 Å². The molecule has 1 aromatic carbocycles. The minimum absolute atomic E-state index is 0.125. The van der Waals surface area contributed by atoms with Crippen molar-refractivity contribution in [2.75, 3.05) is 20.1 Å². The Balaban J connectivity index is 1.90. The minimum atomic E-state index is -3.70. The molecule has 0 spiro atoms. The highest BCUT2D eigenvalue weighted by Gasteiger charge is 2.24. The van der Waals surface area contributed by atoms with Gasteiger partial charge in [-0.1, -0.05) is 48.9 Å². The first kappa shape index (κ1) is 18.9. The molecule has 2 aromatic rings. The third kappa shape index (κ3) is 4.80. The van der Waals surface area contributed by atoms with E-state index in [0.717, 1.165) is 21.2 Å². The number of nitrogens with zero attached hydrogens (tertiary/aromatic N) is 1. The Morgan fingerprint density at radius 1 is 1.25 bits per heavy atom. The number of thiophene rings is 1. The summed E-state index contributed by atoms with van der Waals surface area (Å²) in [6, 6.07) is 12.8. The number of nitrogens with one attached hydrogen (secondary N) is 1. The standard InChI is InChI=1S/C16H19ClN2O3S2/c1-12(13-6-4-3-5-7-13)10-18-15(20)11-19(2)24(21,22)16-9-8-14(17)23-16/h3-9,12H,10-11H2,1-2H3,(H,18,20). The number of rotatable bonds is 7. The smallest absolute Gasteiger partial charge is 0.252 e. The Hall–Kier alpha value is -1.41. The molecule has 24 heavy (non-hydrogen) atoms. The van der Waals surface area contributed by atoms with E-state index in [1.165, 1.54) is 19.2 Å². The van der Waals surface area contributed by atoms with Crippen LogP contribution in [-0.4, -0.2) is 38.8 Å². The van der Waals surface area contributed by atoms with Crippen LogP contribution in [0, 0.1) is 0 Å². The van der Waals surface area contributed by atoms with Crippen molar-refractivity contribution in [1.82, 2.24) is 9.62 Å². The van der Waals surface area contributed by atoms with Gasteiger partial charge in [0.25, 0.3) is 10.0 Å². The van der Waals surface area contributed by atoms with E-state index in [0.29, 0.717) is 10.9 Å². The van der Waals surface area contributed by atoms with Crippen molar-refractivity contribution in [3.63, 3.8) is 0 Å². The van der Waals surface area contributed by atoms with Crippen LogP contribution in [-0.2, 0) is 14.8 Å². The quantitative estimate of drug-likeness (QED) is 0.795. The summed E-state index contributed by atoms with van der Waals surface area (Å²) in [7, 11) is -2.32. The van der Waals surface area contributed by atoms with Crippen molar-refractivity contribution in [3.05, 3.63) is 52.4 Å². The van der Waals surface area contributed by atoms with Gasteiger partial charge < -0.3 is 5.32 Å². The van der Waals surface area contributed by atoms with Crippen LogP contribution in [0.4, 0.5) is 0 Å². The summed E-state index contributed by atoms with van der Waals surface area (Å²) >= 11 is 6.75. The molecule has 1 unspecified atom stereocenters. The molecule has 1 heterocycles. The van der Waals surface area contributed by atoms with E-state index in [1.54, 1.807) is 0 Å². The molecule has 1 aromatic heterocycles. The van der Waals surface area contributed by atoms with Gasteiger partial charge in [0.2, 0.25) is 5.91 Å². The molecule has 0 saturated heterocycles. The second kappa shape index (κ2) is 8.11. The van der Waals surface area contributed by atoms with E-state index in [-0.39, 0.29) is 22.6 Å².